The first-order valence-electron chi connectivity index (χ1n) is 6.74. The number of benzene rings is 1. The van der Waals surface area contributed by atoms with E-state index in [1.807, 2.05) is 19.1 Å². The van der Waals surface area contributed by atoms with Crippen LogP contribution < -0.4 is 10.5 Å². The van der Waals surface area contributed by atoms with E-state index in [0.29, 0.717) is 25.9 Å². The van der Waals surface area contributed by atoms with Crippen molar-refractivity contribution in [3.8, 4) is 5.75 Å². The van der Waals surface area contributed by atoms with Gasteiger partial charge in [0.2, 0.25) is 0 Å². The maximum absolute atomic E-state index is 11.3. The molecule has 5 heteroatoms. The SMILES string of the molecule is CCOC(=O)CCCC(N)c1cc(Br)c(C)cc1OC. The molecule has 0 saturated heterocycles. The number of rotatable bonds is 7. The Morgan fingerprint density at radius 1 is 1.45 bits per heavy atom. The number of carbonyl (C=O) groups is 1. The highest BCUT2D eigenvalue weighted by atomic mass is 79.9. The topological polar surface area (TPSA) is 61.5 Å². The second-order valence-electron chi connectivity index (χ2n) is 4.65. The molecule has 1 unspecified atom stereocenters. The van der Waals surface area contributed by atoms with Crippen LogP contribution in [-0.2, 0) is 9.53 Å². The van der Waals surface area contributed by atoms with Gasteiger partial charge in [-0.2, -0.15) is 0 Å². The van der Waals surface area contributed by atoms with Gasteiger partial charge in [-0.3, -0.25) is 4.79 Å². The number of hydrogen-bond donors (Lipinski definition) is 1. The molecule has 0 aliphatic carbocycles. The molecule has 0 spiro atoms. The standard InChI is InChI=1S/C15H22BrNO3/c1-4-20-15(18)7-5-6-13(17)11-9-12(16)10(2)8-14(11)19-3/h8-9,13H,4-7,17H2,1-3H3. The van der Waals surface area contributed by atoms with Crippen LogP contribution in [0.3, 0.4) is 0 Å². The van der Waals surface area contributed by atoms with Crippen LogP contribution in [0.15, 0.2) is 16.6 Å². The van der Waals surface area contributed by atoms with E-state index in [4.69, 9.17) is 15.2 Å². The zero-order chi connectivity index (χ0) is 15.1. The van der Waals surface area contributed by atoms with Gasteiger partial charge in [0, 0.05) is 22.5 Å². The fourth-order valence-electron chi connectivity index (χ4n) is 1.99. The predicted octanol–water partition coefficient (Wildman–Crippen LogP) is 3.50. The van der Waals surface area contributed by atoms with E-state index in [1.165, 1.54) is 0 Å². The molecule has 0 saturated carbocycles. The summed E-state index contributed by atoms with van der Waals surface area (Å²) in [4.78, 5) is 11.3. The van der Waals surface area contributed by atoms with Gasteiger partial charge in [0.05, 0.1) is 13.7 Å². The lowest BCUT2D eigenvalue weighted by Gasteiger charge is -2.17. The van der Waals surface area contributed by atoms with Crippen molar-refractivity contribution in [2.24, 2.45) is 5.73 Å². The van der Waals surface area contributed by atoms with E-state index in [-0.39, 0.29) is 12.0 Å². The molecule has 1 aromatic rings. The summed E-state index contributed by atoms with van der Waals surface area (Å²) in [6, 6.07) is 3.80. The minimum atomic E-state index is -0.170. The van der Waals surface area contributed by atoms with Gasteiger partial charge in [-0.05, 0) is 44.4 Å². The van der Waals surface area contributed by atoms with Crippen molar-refractivity contribution in [2.45, 2.75) is 39.2 Å². The van der Waals surface area contributed by atoms with Crippen molar-refractivity contribution >= 4 is 21.9 Å². The Morgan fingerprint density at radius 3 is 2.75 bits per heavy atom. The molecule has 0 aliphatic rings. The molecule has 0 bridgehead atoms. The van der Waals surface area contributed by atoms with E-state index in [1.54, 1.807) is 14.0 Å². The first kappa shape index (κ1) is 17.0. The van der Waals surface area contributed by atoms with Crippen molar-refractivity contribution in [3.05, 3.63) is 27.7 Å². The van der Waals surface area contributed by atoms with Gasteiger partial charge in [-0.15, -0.1) is 0 Å². The quantitative estimate of drug-likeness (QED) is 0.769. The van der Waals surface area contributed by atoms with Crippen LogP contribution in [0.4, 0.5) is 0 Å². The van der Waals surface area contributed by atoms with E-state index in [0.717, 1.165) is 21.3 Å². The average molecular weight is 344 g/mol. The van der Waals surface area contributed by atoms with Gasteiger partial charge in [-0.1, -0.05) is 15.9 Å². The van der Waals surface area contributed by atoms with Crippen LogP contribution >= 0.6 is 15.9 Å². The molecule has 112 valence electrons. The zero-order valence-corrected chi connectivity index (χ0v) is 13.8. The Hall–Kier alpha value is -1.07. The third-order valence-electron chi connectivity index (χ3n) is 3.11. The van der Waals surface area contributed by atoms with Crippen molar-refractivity contribution in [2.75, 3.05) is 13.7 Å². The van der Waals surface area contributed by atoms with Crippen LogP contribution in [0, 0.1) is 6.92 Å². The van der Waals surface area contributed by atoms with Gasteiger partial charge in [0.1, 0.15) is 5.75 Å². The summed E-state index contributed by atoms with van der Waals surface area (Å²) in [5.41, 5.74) is 8.25. The van der Waals surface area contributed by atoms with Crippen molar-refractivity contribution in [1.29, 1.82) is 0 Å². The molecule has 4 nitrogen and oxygen atoms in total. The molecule has 0 fully saturated rings. The largest absolute Gasteiger partial charge is 0.496 e. The van der Waals surface area contributed by atoms with E-state index in [2.05, 4.69) is 15.9 Å². The fourth-order valence-corrected chi connectivity index (χ4v) is 2.35. The summed E-state index contributed by atoms with van der Waals surface area (Å²) < 4.78 is 11.3. The molecule has 1 atom stereocenters. The maximum atomic E-state index is 11.3. The van der Waals surface area contributed by atoms with Crippen LogP contribution in [-0.4, -0.2) is 19.7 Å². The molecular weight excluding hydrogens is 322 g/mol. The Balaban J connectivity index is 2.65. The first-order valence-corrected chi connectivity index (χ1v) is 7.54. The number of hydrogen-bond acceptors (Lipinski definition) is 4. The Labute approximate surface area is 128 Å². The molecule has 0 amide bonds. The first-order chi connectivity index (χ1) is 9.49. The summed E-state index contributed by atoms with van der Waals surface area (Å²) >= 11 is 3.50. The predicted molar refractivity (Wildman–Crippen MR) is 82.8 cm³/mol. The van der Waals surface area contributed by atoms with Crippen LogP contribution in [0.5, 0.6) is 5.75 Å². The summed E-state index contributed by atoms with van der Waals surface area (Å²) in [6.07, 6.45) is 1.82. The lowest BCUT2D eigenvalue weighted by atomic mass is 9.99. The Kier molecular flexibility index (Phi) is 7.02. The fraction of sp³-hybridized carbons (Fsp3) is 0.533. The summed E-state index contributed by atoms with van der Waals surface area (Å²) in [5, 5.41) is 0. The highest BCUT2D eigenvalue weighted by molar-refractivity contribution is 9.10. The number of carbonyl (C=O) groups excluding carboxylic acids is 1. The molecule has 1 aromatic carbocycles. The van der Waals surface area contributed by atoms with Gasteiger partial charge in [0.15, 0.2) is 0 Å². The second-order valence-corrected chi connectivity index (χ2v) is 5.50. The lowest BCUT2D eigenvalue weighted by Crippen LogP contribution is -2.13. The molecule has 0 radical (unpaired) electrons. The minimum Gasteiger partial charge on any atom is -0.496 e. The third-order valence-corrected chi connectivity index (χ3v) is 3.97. The summed E-state index contributed by atoms with van der Waals surface area (Å²) in [7, 11) is 1.64. The Bertz CT molecular complexity index is 463. The smallest absolute Gasteiger partial charge is 0.305 e. The van der Waals surface area contributed by atoms with Crippen LogP contribution in [0.25, 0.3) is 0 Å². The third kappa shape index (κ3) is 4.80. The minimum absolute atomic E-state index is 0.156. The molecule has 2 N–H and O–H groups in total. The molecule has 0 heterocycles. The van der Waals surface area contributed by atoms with Gasteiger partial charge in [-0.25, -0.2) is 0 Å². The molecular formula is C15H22BrNO3. The van der Waals surface area contributed by atoms with Gasteiger partial charge < -0.3 is 15.2 Å². The van der Waals surface area contributed by atoms with Crippen molar-refractivity contribution < 1.29 is 14.3 Å². The van der Waals surface area contributed by atoms with Crippen LogP contribution in [0.2, 0.25) is 0 Å². The number of aryl methyl sites for hydroxylation is 1. The second kappa shape index (κ2) is 8.27. The highest BCUT2D eigenvalue weighted by Gasteiger charge is 2.14. The molecule has 0 aliphatic heterocycles. The normalized spacial score (nSPS) is 12.1. The van der Waals surface area contributed by atoms with Crippen molar-refractivity contribution in [1.82, 2.24) is 0 Å². The average Bonchev–Trinajstić information content (AvgIpc) is 2.41. The number of methoxy groups -OCH3 is 1. The number of esters is 1. The zero-order valence-electron chi connectivity index (χ0n) is 12.2. The van der Waals surface area contributed by atoms with E-state index < -0.39 is 0 Å². The van der Waals surface area contributed by atoms with E-state index >= 15 is 0 Å². The van der Waals surface area contributed by atoms with Gasteiger partial charge >= 0.3 is 5.97 Å². The number of ether oxygens (including phenoxy) is 2. The molecule has 1 rings (SSSR count). The summed E-state index contributed by atoms with van der Waals surface area (Å²) in [6.45, 7) is 4.23. The lowest BCUT2D eigenvalue weighted by molar-refractivity contribution is -0.143. The Morgan fingerprint density at radius 2 is 2.15 bits per heavy atom. The maximum Gasteiger partial charge on any atom is 0.305 e. The monoisotopic (exact) mass is 343 g/mol. The van der Waals surface area contributed by atoms with E-state index in [9.17, 15) is 4.79 Å². The molecule has 0 aromatic heterocycles. The highest BCUT2D eigenvalue weighted by Crippen LogP contribution is 2.32. The van der Waals surface area contributed by atoms with Gasteiger partial charge in [0.25, 0.3) is 0 Å². The number of nitrogens with two attached hydrogens (primary N) is 1. The molecule has 20 heavy (non-hydrogen) atoms. The summed E-state index contributed by atoms with van der Waals surface area (Å²) in [5.74, 6) is 0.617. The van der Waals surface area contributed by atoms with Crippen LogP contribution in [0.1, 0.15) is 43.4 Å². The van der Waals surface area contributed by atoms with Crippen molar-refractivity contribution in [3.63, 3.8) is 0 Å². The number of halogens is 1.